The Kier molecular flexibility index (Phi) is 8.81. The standard InChI is InChI=1S/C17H30N2OS/c1-5-15-10-11-17(21-15)16(20)14-19(8-4)13-9-12-18(6-2)7-3/h10-11H,5-9,12-14H2,1-4H3. The maximum atomic E-state index is 12.3. The van der Waals surface area contributed by atoms with Crippen LogP contribution in [-0.2, 0) is 6.42 Å². The summed E-state index contributed by atoms with van der Waals surface area (Å²) in [6.45, 7) is 14.5. The molecule has 0 aliphatic rings. The summed E-state index contributed by atoms with van der Waals surface area (Å²) in [7, 11) is 0. The molecule has 1 heterocycles. The quantitative estimate of drug-likeness (QED) is 0.584. The summed E-state index contributed by atoms with van der Waals surface area (Å²) in [6, 6.07) is 4.06. The number of hydrogen-bond acceptors (Lipinski definition) is 4. The second-order valence-corrected chi connectivity index (χ2v) is 6.46. The molecule has 4 heteroatoms. The third-order valence-electron chi connectivity index (χ3n) is 3.94. The fourth-order valence-corrected chi connectivity index (χ4v) is 3.28. The molecule has 1 aromatic heterocycles. The molecular formula is C17H30N2OS. The van der Waals surface area contributed by atoms with Crippen LogP contribution in [0.25, 0.3) is 0 Å². The van der Waals surface area contributed by atoms with Crippen molar-refractivity contribution in [3.63, 3.8) is 0 Å². The average molecular weight is 311 g/mol. The van der Waals surface area contributed by atoms with Gasteiger partial charge in [0.05, 0.1) is 11.4 Å². The van der Waals surface area contributed by atoms with Crippen LogP contribution >= 0.6 is 11.3 Å². The van der Waals surface area contributed by atoms with Crippen molar-refractivity contribution in [2.75, 3.05) is 39.3 Å². The van der Waals surface area contributed by atoms with E-state index in [1.165, 1.54) is 4.88 Å². The van der Waals surface area contributed by atoms with E-state index in [1.807, 2.05) is 6.07 Å². The summed E-state index contributed by atoms with van der Waals surface area (Å²) >= 11 is 1.65. The summed E-state index contributed by atoms with van der Waals surface area (Å²) in [5.41, 5.74) is 0. The molecule has 0 saturated carbocycles. The van der Waals surface area contributed by atoms with Gasteiger partial charge in [-0.25, -0.2) is 0 Å². The van der Waals surface area contributed by atoms with Gasteiger partial charge in [0.2, 0.25) is 0 Å². The van der Waals surface area contributed by atoms with Crippen LogP contribution in [0.3, 0.4) is 0 Å². The Morgan fingerprint density at radius 1 is 1.00 bits per heavy atom. The minimum absolute atomic E-state index is 0.268. The van der Waals surface area contributed by atoms with E-state index in [0.717, 1.165) is 50.4 Å². The van der Waals surface area contributed by atoms with E-state index in [0.29, 0.717) is 6.54 Å². The minimum atomic E-state index is 0.268. The van der Waals surface area contributed by atoms with Crippen molar-refractivity contribution >= 4 is 17.1 Å². The Morgan fingerprint density at radius 2 is 1.62 bits per heavy atom. The summed E-state index contributed by atoms with van der Waals surface area (Å²) in [5.74, 6) is 0.268. The van der Waals surface area contributed by atoms with E-state index in [-0.39, 0.29) is 5.78 Å². The van der Waals surface area contributed by atoms with Gasteiger partial charge in [0, 0.05) is 4.88 Å². The summed E-state index contributed by atoms with van der Waals surface area (Å²) in [6.07, 6.45) is 2.15. The minimum Gasteiger partial charge on any atom is -0.304 e. The molecular weight excluding hydrogens is 280 g/mol. The second-order valence-electron chi connectivity index (χ2n) is 5.29. The molecule has 0 aromatic carbocycles. The zero-order valence-electron chi connectivity index (χ0n) is 14.0. The number of Topliss-reactive ketones (excluding diaryl/α,β-unsaturated/α-hetero) is 1. The van der Waals surface area contributed by atoms with Crippen LogP contribution in [-0.4, -0.2) is 54.9 Å². The lowest BCUT2D eigenvalue weighted by Crippen LogP contribution is -2.33. The first-order valence-electron chi connectivity index (χ1n) is 8.21. The van der Waals surface area contributed by atoms with Crippen LogP contribution in [0, 0.1) is 0 Å². The van der Waals surface area contributed by atoms with E-state index in [1.54, 1.807) is 11.3 Å². The summed E-state index contributed by atoms with van der Waals surface area (Å²) in [5, 5.41) is 0. The molecule has 21 heavy (non-hydrogen) atoms. The Balaban J connectivity index is 2.40. The van der Waals surface area contributed by atoms with Crippen LogP contribution in [0.15, 0.2) is 12.1 Å². The third kappa shape index (κ3) is 6.29. The molecule has 0 aliphatic heterocycles. The van der Waals surface area contributed by atoms with Gasteiger partial charge in [-0.3, -0.25) is 9.69 Å². The van der Waals surface area contributed by atoms with Gasteiger partial charge in [-0.1, -0.05) is 27.7 Å². The molecule has 3 nitrogen and oxygen atoms in total. The monoisotopic (exact) mass is 310 g/mol. The molecule has 0 N–H and O–H groups in total. The number of likely N-dealkylation sites (N-methyl/N-ethyl adjacent to an activating group) is 1. The second kappa shape index (κ2) is 10.1. The van der Waals surface area contributed by atoms with Crippen molar-refractivity contribution in [3.8, 4) is 0 Å². The molecule has 0 bridgehead atoms. The van der Waals surface area contributed by atoms with Crippen molar-refractivity contribution in [3.05, 3.63) is 21.9 Å². The first-order chi connectivity index (χ1) is 10.1. The lowest BCUT2D eigenvalue weighted by atomic mass is 10.2. The molecule has 120 valence electrons. The number of hydrogen-bond donors (Lipinski definition) is 0. The Labute approximate surface area is 133 Å². The number of thiophene rings is 1. The maximum Gasteiger partial charge on any atom is 0.186 e. The smallest absolute Gasteiger partial charge is 0.186 e. The lowest BCUT2D eigenvalue weighted by Gasteiger charge is -2.22. The molecule has 0 amide bonds. The van der Waals surface area contributed by atoms with E-state index in [9.17, 15) is 4.79 Å². The zero-order chi connectivity index (χ0) is 15.7. The van der Waals surface area contributed by atoms with Crippen LogP contribution < -0.4 is 0 Å². The van der Waals surface area contributed by atoms with Gasteiger partial charge in [-0.2, -0.15) is 0 Å². The molecule has 0 unspecified atom stereocenters. The molecule has 0 saturated heterocycles. The largest absolute Gasteiger partial charge is 0.304 e. The predicted molar refractivity (Wildman–Crippen MR) is 92.5 cm³/mol. The highest BCUT2D eigenvalue weighted by atomic mass is 32.1. The van der Waals surface area contributed by atoms with Gasteiger partial charge in [0.25, 0.3) is 0 Å². The maximum absolute atomic E-state index is 12.3. The van der Waals surface area contributed by atoms with Gasteiger partial charge in [0.15, 0.2) is 5.78 Å². The third-order valence-corrected chi connectivity index (χ3v) is 5.21. The molecule has 1 rings (SSSR count). The average Bonchev–Trinajstić information content (AvgIpc) is 2.99. The highest BCUT2D eigenvalue weighted by Crippen LogP contribution is 2.17. The fraction of sp³-hybridized carbons (Fsp3) is 0.706. The highest BCUT2D eigenvalue weighted by molar-refractivity contribution is 7.14. The van der Waals surface area contributed by atoms with Crippen molar-refractivity contribution in [2.45, 2.75) is 40.5 Å². The van der Waals surface area contributed by atoms with Crippen LogP contribution in [0.4, 0.5) is 0 Å². The predicted octanol–water partition coefficient (Wildman–Crippen LogP) is 3.55. The van der Waals surface area contributed by atoms with Gasteiger partial charge >= 0.3 is 0 Å². The number of nitrogens with zero attached hydrogens (tertiary/aromatic N) is 2. The van der Waals surface area contributed by atoms with Gasteiger partial charge in [-0.05, 0) is 57.7 Å². The number of carbonyl (C=O) groups excluding carboxylic acids is 1. The Morgan fingerprint density at radius 3 is 2.14 bits per heavy atom. The Hall–Kier alpha value is -0.710. The molecule has 0 radical (unpaired) electrons. The molecule has 0 spiro atoms. The number of rotatable bonds is 11. The van der Waals surface area contributed by atoms with Crippen molar-refractivity contribution in [1.29, 1.82) is 0 Å². The van der Waals surface area contributed by atoms with Crippen LogP contribution in [0.1, 0.15) is 48.7 Å². The van der Waals surface area contributed by atoms with Gasteiger partial charge in [-0.15, -0.1) is 11.3 Å². The van der Waals surface area contributed by atoms with Gasteiger partial charge < -0.3 is 4.90 Å². The lowest BCUT2D eigenvalue weighted by molar-refractivity contribution is 0.0934. The topological polar surface area (TPSA) is 23.6 Å². The van der Waals surface area contributed by atoms with Crippen molar-refractivity contribution < 1.29 is 4.79 Å². The summed E-state index contributed by atoms with van der Waals surface area (Å²) < 4.78 is 0. The van der Waals surface area contributed by atoms with Crippen molar-refractivity contribution in [2.24, 2.45) is 0 Å². The molecule has 0 fully saturated rings. The Bertz CT molecular complexity index is 413. The fourth-order valence-electron chi connectivity index (χ4n) is 2.41. The van der Waals surface area contributed by atoms with Gasteiger partial charge in [0.1, 0.15) is 0 Å². The van der Waals surface area contributed by atoms with E-state index < -0.39 is 0 Å². The highest BCUT2D eigenvalue weighted by Gasteiger charge is 2.13. The van der Waals surface area contributed by atoms with Crippen molar-refractivity contribution in [1.82, 2.24) is 9.80 Å². The van der Waals surface area contributed by atoms with E-state index in [2.05, 4.69) is 43.6 Å². The SMILES string of the molecule is CCc1ccc(C(=O)CN(CC)CCCN(CC)CC)s1. The van der Waals surface area contributed by atoms with Crippen LogP contribution in [0.5, 0.6) is 0 Å². The first kappa shape index (κ1) is 18.3. The van der Waals surface area contributed by atoms with E-state index in [4.69, 9.17) is 0 Å². The van der Waals surface area contributed by atoms with E-state index >= 15 is 0 Å². The first-order valence-corrected chi connectivity index (χ1v) is 9.02. The zero-order valence-corrected chi connectivity index (χ0v) is 14.8. The molecule has 0 atom stereocenters. The molecule has 1 aromatic rings. The normalized spacial score (nSPS) is 11.5. The number of ketones is 1. The number of aryl methyl sites for hydroxylation is 1. The number of carbonyl (C=O) groups is 1. The summed E-state index contributed by atoms with van der Waals surface area (Å²) in [4.78, 5) is 19.2. The van der Waals surface area contributed by atoms with Crippen LogP contribution in [0.2, 0.25) is 0 Å². The molecule has 0 aliphatic carbocycles.